The minimum absolute atomic E-state index is 0.359. The average Bonchev–Trinajstić information content (AvgIpc) is 1.82. The molecule has 0 unspecified atom stereocenters. The molecule has 0 rings (SSSR count). The normalized spacial score (nSPS) is 11.2. The van der Waals surface area contributed by atoms with E-state index < -0.39 is 0 Å². The highest BCUT2D eigenvalue weighted by molar-refractivity contribution is 5.82. The SMILES string of the molecule is CCCOC(=O)/C=C(\C)N. The lowest BCUT2D eigenvalue weighted by Gasteiger charge is -1.97. The van der Waals surface area contributed by atoms with Crippen LogP contribution in [0.1, 0.15) is 20.3 Å². The van der Waals surface area contributed by atoms with E-state index in [1.54, 1.807) is 6.92 Å². The predicted molar refractivity (Wildman–Crippen MR) is 39.2 cm³/mol. The summed E-state index contributed by atoms with van der Waals surface area (Å²) in [6.45, 7) is 4.04. The molecule has 10 heavy (non-hydrogen) atoms. The van der Waals surface area contributed by atoms with Crippen LogP contribution in [0.3, 0.4) is 0 Å². The molecule has 0 spiro atoms. The maximum atomic E-state index is 10.6. The van der Waals surface area contributed by atoms with Crippen molar-refractivity contribution in [3.05, 3.63) is 11.8 Å². The Morgan fingerprint density at radius 1 is 1.70 bits per heavy atom. The number of carbonyl (C=O) groups excluding carboxylic acids is 1. The molecule has 0 saturated heterocycles. The van der Waals surface area contributed by atoms with Crippen molar-refractivity contribution in [3.63, 3.8) is 0 Å². The molecular weight excluding hydrogens is 130 g/mol. The van der Waals surface area contributed by atoms with Crippen LogP contribution < -0.4 is 5.73 Å². The van der Waals surface area contributed by atoms with E-state index in [9.17, 15) is 4.79 Å². The average molecular weight is 143 g/mol. The number of carbonyl (C=O) groups is 1. The Hall–Kier alpha value is -0.990. The maximum Gasteiger partial charge on any atom is 0.332 e. The minimum atomic E-state index is -0.359. The quantitative estimate of drug-likeness (QED) is 0.469. The summed E-state index contributed by atoms with van der Waals surface area (Å²) in [6, 6.07) is 0. The highest BCUT2D eigenvalue weighted by Gasteiger charge is 1.94. The van der Waals surface area contributed by atoms with Gasteiger partial charge in [0, 0.05) is 11.8 Å². The molecule has 0 bridgehead atoms. The highest BCUT2D eigenvalue weighted by atomic mass is 16.5. The van der Waals surface area contributed by atoms with Gasteiger partial charge < -0.3 is 10.5 Å². The lowest BCUT2D eigenvalue weighted by Crippen LogP contribution is -2.04. The summed E-state index contributed by atoms with van der Waals surface area (Å²) in [6.07, 6.45) is 2.11. The Balaban J connectivity index is 3.54. The first-order chi connectivity index (χ1) is 4.66. The molecule has 58 valence electrons. The first-order valence-corrected chi connectivity index (χ1v) is 3.27. The number of nitrogens with two attached hydrogens (primary N) is 1. The van der Waals surface area contributed by atoms with E-state index in [1.807, 2.05) is 6.92 Å². The molecule has 0 heterocycles. The van der Waals surface area contributed by atoms with Crippen molar-refractivity contribution >= 4 is 5.97 Å². The van der Waals surface area contributed by atoms with Gasteiger partial charge in [0.15, 0.2) is 0 Å². The number of rotatable bonds is 3. The second kappa shape index (κ2) is 4.85. The fraction of sp³-hybridized carbons (Fsp3) is 0.571. The van der Waals surface area contributed by atoms with E-state index in [2.05, 4.69) is 0 Å². The number of esters is 1. The van der Waals surface area contributed by atoms with Crippen LogP contribution >= 0.6 is 0 Å². The van der Waals surface area contributed by atoms with Gasteiger partial charge in [-0.1, -0.05) is 6.92 Å². The Bertz CT molecular complexity index is 137. The Labute approximate surface area is 60.9 Å². The topological polar surface area (TPSA) is 52.3 Å². The van der Waals surface area contributed by atoms with Gasteiger partial charge in [-0.05, 0) is 13.3 Å². The van der Waals surface area contributed by atoms with Crippen molar-refractivity contribution in [2.45, 2.75) is 20.3 Å². The Morgan fingerprint density at radius 3 is 2.70 bits per heavy atom. The van der Waals surface area contributed by atoms with Gasteiger partial charge in [0.1, 0.15) is 0 Å². The number of hydrogen-bond acceptors (Lipinski definition) is 3. The molecule has 0 amide bonds. The van der Waals surface area contributed by atoms with Gasteiger partial charge in [-0.15, -0.1) is 0 Å². The fourth-order valence-corrected chi connectivity index (χ4v) is 0.430. The second-order valence-corrected chi connectivity index (χ2v) is 2.06. The molecule has 0 radical (unpaired) electrons. The third-order valence-corrected chi connectivity index (χ3v) is 0.794. The van der Waals surface area contributed by atoms with Gasteiger partial charge >= 0.3 is 5.97 Å². The summed E-state index contributed by atoms with van der Waals surface area (Å²) >= 11 is 0. The molecule has 2 N–H and O–H groups in total. The summed E-state index contributed by atoms with van der Waals surface area (Å²) in [5.74, 6) is -0.359. The third kappa shape index (κ3) is 5.15. The van der Waals surface area contributed by atoms with Crippen LogP contribution in [0.2, 0.25) is 0 Å². The van der Waals surface area contributed by atoms with E-state index in [4.69, 9.17) is 10.5 Å². The van der Waals surface area contributed by atoms with Crippen LogP contribution in [0.5, 0.6) is 0 Å². The minimum Gasteiger partial charge on any atom is -0.462 e. The van der Waals surface area contributed by atoms with Gasteiger partial charge in [-0.2, -0.15) is 0 Å². The largest absolute Gasteiger partial charge is 0.462 e. The van der Waals surface area contributed by atoms with Gasteiger partial charge in [0.05, 0.1) is 6.61 Å². The van der Waals surface area contributed by atoms with E-state index in [0.29, 0.717) is 12.3 Å². The van der Waals surface area contributed by atoms with Crippen LogP contribution in [-0.4, -0.2) is 12.6 Å². The summed E-state index contributed by atoms with van der Waals surface area (Å²) in [5, 5.41) is 0. The van der Waals surface area contributed by atoms with Crippen molar-refractivity contribution in [1.29, 1.82) is 0 Å². The zero-order valence-corrected chi connectivity index (χ0v) is 6.39. The fourth-order valence-electron chi connectivity index (χ4n) is 0.430. The smallest absolute Gasteiger partial charge is 0.332 e. The molecule has 0 aliphatic carbocycles. The third-order valence-electron chi connectivity index (χ3n) is 0.794. The highest BCUT2D eigenvalue weighted by Crippen LogP contribution is 1.86. The Morgan fingerprint density at radius 2 is 2.30 bits per heavy atom. The summed E-state index contributed by atoms with van der Waals surface area (Å²) < 4.78 is 4.71. The molecule has 0 aliphatic heterocycles. The van der Waals surface area contributed by atoms with Gasteiger partial charge in [0.2, 0.25) is 0 Å². The summed E-state index contributed by atoms with van der Waals surface area (Å²) in [7, 11) is 0. The van der Waals surface area contributed by atoms with Gasteiger partial charge in [-0.3, -0.25) is 0 Å². The van der Waals surface area contributed by atoms with E-state index in [1.165, 1.54) is 6.08 Å². The molecule has 0 aromatic heterocycles. The Kier molecular flexibility index (Phi) is 4.37. The van der Waals surface area contributed by atoms with Crippen LogP contribution in [-0.2, 0) is 9.53 Å². The molecule has 0 aromatic carbocycles. The van der Waals surface area contributed by atoms with Crippen molar-refractivity contribution < 1.29 is 9.53 Å². The molecular formula is C7H13NO2. The number of ether oxygens (including phenoxy) is 1. The standard InChI is InChI=1S/C7H13NO2/c1-3-4-10-7(9)5-6(2)8/h5H,3-4,8H2,1-2H3/b6-5+. The molecule has 0 fully saturated rings. The van der Waals surface area contributed by atoms with Crippen molar-refractivity contribution in [2.24, 2.45) is 5.73 Å². The lowest BCUT2D eigenvalue weighted by atomic mass is 10.4. The first kappa shape index (κ1) is 9.01. The van der Waals surface area contributed by atoms with Crippen molar-refractivity contribution in [2.75, 3.05) is 6.61 Å². The van der Waals surface area contributed by atoms with Crippen molar-refractivity contribution in [1.82, 2.24) is 0 Å². The van der Waals surface area contributed by atoms with Crippen molar-refractivity contribution in [3.8, 4) is 0 Å². The monoisotopic (exact) mass is 143 g/mol. The zero-order chi connectivity index (χ0) is 7.98. The predicted octanol–water partition coefficient (Wildman–Crippen LogP) is 0.802. The molecule has 0 aromatic rings. The molecule has 0 aliphatic rings. The van der Waals surface area contributed by atoms with E-state index in [0.717, 1.165) is 6.42 Å². The molecule has 3 nitrogen and oxygen atoms in total. The second-order valence-electron chi connectivity index (χ2n) is 2.06. The summed E-state index contributed by atoms with van der Waals surface area (Å²) in [4.78, 5) is 10.6. The molecule has 0 saturated carbocycles. The van der Waals surface area contributed by atoms with Gasteiger partial charge in [-0.25, -0.2) is 4.79 Å². The van der Waals surface area contributed by atoms with E-state index in [-0.39, 0.29) is 5.97 Å². The van der Waals surface area contributed by atoms with Gasteiger partial charge in [0.25, 0.3) is 0 Å². The zero-order valence-electron chi connectivity index (χ0n) is 6.39. The lowest BCUT2D eigenvalue weighted by molar-refractivity contribution is -0.137. The van der Waals surface area contributed by atoms with Crippen LogP contribution in [0.25, 0.3) is 0 Å². The maximum absolute atomic E-state index is 10.6. The first-order valence-electron chi connectivity index (χ1n) is 3.27. The summed E-state index contributed by atoms with van der Waals surface area (Å²) in [5.41, 5.74) is 5.70. The molecule has 0 atom stereocenters. The number of allylic oxidation sites excluding steroid dienone is 1. The van der Waals surface area contributed by atoms with Crippen LogP contribution in [0.15, 0.2) is 11.8 Å². The van der Waals surface area contributed by atoms with E-state index >= 15 is 0 Å². The number of hydrogen-bond donors (Lipinski definition) is 1. The van der Waals surface area contributed by atoms with Crippen LogP contribution in [0.4, 0.5) is 0 Å². The molecule has 3 heteroatoms. The van der Waals surface area contributed by atoms with Crippen LogP contribution in [0, 0.1) is 0 Å².